The molecule has 0 aromatic heterocycles. The summed E-state index contributed by atoms with van der Waals surface area (Å²) in [6.45, 7) is 2.57. The van der Waals surface area contributed by atoms with Gasteiger partial charge in [0.15, 0.2) is 0 Å². The van der Waals surface area contributed by atoms with Gasteiger partial charge in [0.05, 0.1) is 10.6 Å². The molecule has 0 fully saturated rings. The minimum atomic E-state index is -0.172. The number of para-hydroxylation sites is 1. The Bertz CT molecular complexity index is 1170. The summed E-state index contributed by atoms with van der Waals surface area (Å²) >= 11 is 4.91. The molecule has 2 amide bonds. The highest BCUT2D eigenvalue weighted by atomic mass is 79.9. The molecule has 0 spiro atoms. The predicted octanol–water partition coefficient (Wildman–Crippen LogP) is 5.60. The van der Waals surface area contributed by atoms with E-state index in [-0.39, 0.29) is 18.4 Å². The second kappa shape index (κ2) is 10.2. The van der Waals surface area contributed by atoms with E-state index in [1.165, 1.54) is 22.9 Å². The van der Waals surface area contributed by atoms with Gasteiger partial charge in [0.2, 0.25) is 5.91 Å². The molecule has 3 aromatic carbocycles. The van der Waals surface area contributed by atoms with Gasteiger partial charge in [0.1, 0.15) is 6.54 Å². The van der Waals surface area contributed by atoms with Crippen LogP contribution in [0.25, 0.3) is 6.08 Å². The number of benzene rings is 3. The van der Waals surface area contributed by atoms with E-state index in [1.54, 1.807) is 4.90 Å². The highest BCUT2D eigenvalue weighted by Crippen LogP contribution is 2.41. The first-order chi connectivity index (χ1) is 15.5. The summed E-state index contributed by atoms with van der Waals surface area (Å²) in [4.78, 5) is 29.1. The molecule has 1 aliphatic heterocycles. The van der Waals surface area contributed by atoms with E-state index in [9.17, 15) is 9.59 Å². The maximum absolute atomic E-state index is 13.3. The summed E-state index contributed by atoms with van der Waals surface area (Å²) < 4.78 is 0.949. The minimum Gasteiger partial charge on any atom is -0.354 e. The summed E-state index contributed by atoms with van der Waals surface area (Å²) in [6, 6.07) is 23.8. The zero-order chi connectivity index (χ0) is 22.5. The first kappa shape index (κ1) is 22.4. The van der Waals surface area contributed by atoms with Crippen molar-refractivity contribution in [2.75, 3.05) is 18.0 Å². The summed E-state index contributed by atoms with van der Waals surface area (Å²) in [5.74, 6) is -0.337. The van der Waals surface area contributed by atoms with E-state index in [0.29, 0.717) is 11.4 Å². The second-order valence-corrected chi connectivity index (χ2v) is 9.61. The summed E-state index contributed by atoms with van der Waals surface area (Å²) in [5, 5.41) is 2.95. The molecule has 0 saturated heterocycles. The van der Waals surface area contributed by atoms with Gasteiger partial charge in [0, 0.05) is 15.9 Å². The molecule has 4 nitrogen and oxygen atoms in total. The highest BCUT2D eigenvalue weighted by molar-refractivity contribution is 9.10. The van der Waals surface area contributed by atoms with Gasteiger partial charge in [0.25, 0.3) is 5.91 Å². The first-order valence-corrected chi connectivity index (χ1v) is 12.0. The van der Waals surface area contributed by atoms with Gasteiger partial charge < -0.3 is 5.32 Å². The number of fused-ring (bicyclic) bond motifs is 1. The van der Waals surface area contributed by atoms with Crippen molar-refractivity contribution < 1.29 is 9.59 Å². The van der Waals surface area contributed by atoms with Gasteiger partial charge in [-0.15, -0.1) is 0 Å². The Morgan fingerprint density at radius 1 is 1.06 bits per heavy atom. The Morgan fingerprint density at radius 2 is 1.84 bits per heavy atom. The number of nitrogens with zero attached hydrogens (tertiary/aromatic N) is 1. The highest BCUT2D eigenvalue weighted by Gasteiger charge is 2.30. The van der Waals surface area contributed by atoms with Crippen LogP contribution in [0.1, 0.15) is 16.7 Å². The number of thioether (sulfide) groups is 1. The quantitative estimate of drug-likeness (QED) is 0.443. The Morgan fingerprint density at radius 3 is 2.62 bits per heavy atom. The van der Waals surface area contributed by atoms with Gasteiger partial charge in [-0.2, -0.15) is 0 Å². The van der Waals surface area contributed by atoms with Gasteiger partial charge >= 0.3 is 0 Å². The topological polar surface area (TPSA) is 49.4 Å². The molecule has 0 bridgehead atoms. The SMILES string of the molecule is Cc1ccc(CCNC(=O)CN2C(=O)C(=Cc3cccc(Br)c3)Sc3ccccc32)cc1. The number of carbonyl (C=O) groups is 2. The lowest BCUT2D eigenvalue weighted by molar-refractivity contribution is -0.122. The number of carbonyl (C=O) groups excluding carboxylic acids is 2. The maximum atomic E-state index is 13.3. The van der Waals surface area contributed by atoms with Crippen LogP contribution in [0.5, 0.6) is 0 Å². The number of hydrogen-bond acceptors (Lipinski definition) is 3. The van der Waals surface area contributed by atoms with E-state index in [1.807, 2.05) is 54.6 Å². The molecular weight excluding hydrogens is 484 g/mol. The molecule has 1 heterocycles. The van der Waals surface area contributed by atoms with Crippen LogP contribution in [0, 0.1) is 6.92 Å². The van der Waals surface area contributed by atoms with Crippen molar-refractivity contribution in [3.05, 3.63) is 98.9 Å². The van der Waals surface area contributed by atoms with E-state index in [2.05, 4.69) is 52.4 Å². The lowest BCUT2D eigenvalue weighted by atomic mass is 10.1. The number of nitrogens with one attached hydrogen (secondary N) is 1. The van der Waals surface area contributed by atoms with Crippen molar-refractivity contribution in [1.29, 1.82) is 0 Å². The average Bonchev–Trinajstić information content (AvgIpc) is 2.78. The Balaban J connectivity index is 1.48. The van der Waals surface area contributed by atoms with Crippen molar-refractivity contribution in [3.63, 3.8) is 0 Å². The fourth-order valence-electron chi connectivity index (χ4n) is 3.47. The van der Waals surface area contributed by atoms with Crippen LogP contribution < -0.4 is 10.2 Å². The van der Waals surface area contributed by atoms with E-state index >= 15 is 0 Å². The standard InChI is InChI=1S/C26H23BrN2O2S/c1-18-9-11-19(12-10-18)13-14-28-25(30)17-29-22-7-2-3-8-23(22)32-24(26(29)31)16-20-5-4-6-21(27)15-20/h2-12,15-16H,13-14,17H2,1H3,(H,28,30). The molecule has 3 aromatic rings. The number of amides is 2. The summed E-state index contributed by atoms with van der Waals surface area (Å²) in [7, 11) is 0. The van der Waals surface area contributed by atoms with Gasteiger partial charge in [-0.05, 0) is 54.8 Å². The molecule has 6 heteroatoms. The molecule has 1 N–H and O–H groups in total. The lowest BCUT2D eigenvalue weighted by Gasteiger charge is -2.29. The molecule has 0 aliphatic carbocycles. The van der Waals surface area contributed by atoms with Crippen molar-refractivity contribution in [2.24, 2.45) is 0 Å². The molecule has 4 rings (SSSR count). The average molecular weight is 507 g/mol. The van der Waals surface area contributed by atoms with Crippen LogP contribution in [-0.2, 0) is 16.0 Å². The van der Waals surface area contributed by atoms with Crippen molar-refractivity contribution in [1.82, 2.24) is 5.32 Å². The monoisotopic (exact) mass is 506 g/mol. The van der Waals surface area contributed by atoms with Crippen molar-refractivity contribution in [2.45, 2.75) is 18.2 Å². The third kappa shape index (κ3) is 5.50. The largest absolute Gasteiger partial charge is 0.354 e. The Kier molecular flexibility index (Phi) is 7.12. The number of rotatable bonds is 6. The number of aryl methyl sites for hydroxylation is 1. The fourth-order valence-corrected chi connectivity index (χ4v) is 4.94. The third-order valence-electron chi connectivity index (χ3n) is 5.14. The van der Waals surface area contributed by atoms with Gasteiger partial charge in [-0.1, -0.05) is 81.8 Å². The summed E-state index contributed by atoms with van der Waals surface area (Å²) in [5.41, 5.74) is 4.08. The number of hydrogen-bond donors (Lipinski definition) is 1. The van der Waals surface area contributed by atoms with Crippen LogP contribution in [0.2, 0.25) is 0 Å². The van der Waals surface area contributed by atoms with E-state index < -0.39 is 0 Å². The number of anilines is 1. The predicted molar refractivity (Wildman–Crippen MR) is 135 cm³/mol. The zero-order valence-corrected chi connectivity index (χ0v) is 20.1. The minimum absolute atomic E-state index is 0.0138. The molecular formula is C26H23BrN2O2S. The van der Waals surface area contributed by atoms with Crippen LogP contribution in [0.3, 0.4) is 0 Å². The molecule has 32 heavy (non-hydrogen) atoms. The summed E-state index contributed by atoms with van der Waals surface area (Å²) in [6.07, 6.45) is 2.62. The van der Waals surface area contributed by atoms with Crippen LogP contribution in [0.4, 0.5) is 5.69 Å². The zero-order valence-electron chi connectivity index (χ0n) is 17.7. The van der Waals surface area contributed by atoms with Gasteiger partial charge in [-0.25, -0.2) is 0 Å². The Hall–Kier alpha value is -2.83. The molecule has 0 atom stereocenters. The van der Waals surface area contributed by atoms with Crippen molar-refractivity contribution in [3.8, 4) is 0 Å². The normalized spacial score (nSPS) is 14.4. The molecule has 0 unspecified atom stereocenters. The Labute approximate surface area is 200 Å². The smallest absolute Gasteiger partial charge is 0.265 e. The van der Waals surface area contributed by atoms with E-state index in [4.69, 9.17) is 0 Å². The molecule has 0 radical (unpaired) electrons. The van der Waals surface area contributed by atoms with Gasteiger partial charge in [-0.3, -0.25) is 14.5 Å². The van der Waals surface area contributed by atoms with E-state index in [0.717, 1.165) is 27.0 Å². The van der Waals surface area contributed by atoms with Crippen molar-refractivity contribution >= 4 is 51.3 Å². The number of halogens is 1. The maximum Gasteiger partial charge on any atom is 0.265 e. The molecule has 162 valence electrons. The van der Waals surface area contributed by atoms with Crippen LogP contribution in [0.15, 0.2) is 87.1 Å². The van der Waals surface area contributed by atoms with Crippen LogP contribution in [-0.4, -0.2) is 24.9 Å². The third-order valence-corrected chi connectivity index (χ3v) is 6.71. The lowest BCUT2D eigenvalue weighted by Crippen LogP contribution is -2.43. The molecule has 1 aliphatic rings. The van der Waals surface area contributed by atoms with Crippen LogP contribution >= 0.6 is 27.7 Å². The fraction of sp³-hybridized carbons (Fsp3) is 0.154. The molecule has 0 saturated carbocycles. The second-order valence-electron chi connectivity index (χ2n) is 7.61. The first-order valence-electron chi connectivity index (χ1n) is 10.4.